The largest absolute Gasteiger partial charge is 0.350 e. The highest BCUT2D eigenvalue weighted by molar-refractivity contribution is 6.35. The summed E-state index contributed by atoms with van der Waals surface area (Å²) in [5, 5.41) is 8.43. The summed E-state index contributed by atoms with van der Waals surface area (Å²) in [6, 6.07) is 23.1. The highest BCUT2D eigenvalue weighted by atomic mass is 35.5. The van der Waals surface area contributed by atoms with E-state index in [4.69, 9.17) is 23.2 Å². The van der Waals surface area contributed by atoms with Gasteiger partial charge in [-0.2, -0.15) is 9.78 Å². The lowest BCUT2D eigenvalue weighted by atomic mass is 10.0. The molecule has 5 nitrogen and oxygen atoms in total. The van der Waals surface area contributed by atoms with Crippen LogP contribution < -0.4 is 10.9 Å². The topological polar surface area (TPSA) is 64.0 Å². The van der Waals surface area contributed by atoms with Crippen LogP contribution in [0.2, 0.25) is 10.0 Å². The fraction of sp³-hybridized carbons (Fsp3) is 0.0417. The van der Waals surface area contributed by atoms with Crippen molar-refractivity contribution in [2.75, 3.05) is 5.32 Å². The predicted molar refractivity (Wildman–Crippen MR) is 125 cm³/mol. The average Bonchev–Trinajstić information content (AvgIpc) is 2.75. The molecule has 4 aromatic rings. The number of hydrogen-bond acceptors (Lipinski definition) is 4. The fourth-order valence-electron chi connectivity index (χ4n) is 3.30. The molecule has 0 atom stereocenters. The third-order valence-corrected chi connectivity index (χ3v) is 5.06. The molecule has 0 spiro atoms. The van der Waals surface area contributed by atoms with E-state index in [2.05, 4.69) is 10.4 Å². The van der Waals surface area contributed by atoms with Crippen LogP contribution in [0.15, 0.2) is 83.7 Å². The first-order chi connectivity index (χ1) is 14.9. The van der Waals surface area contributed by atoms with E-state index in [-0.39, 0.29) is 17.0 Å². The summed E-state index contributed by atoms with van der Waals surface area (Å²) in [4.78, 5) is 26.2. The van der Waals surface area contributed by atoms with Crippen molar-refractivity contribution >= 4 is 40.4 Å². The maximum Gasteiger partial charge on any atom is 0.295 e. The fourth-order valence-corrected chi connectivity index (χ4v) is 3.82. The molecule has 0 saturated heterocycles. The van der Waals surface area contributed by atoms with Gasteiger partial charge in [-0.3, -0.25) is 9.59 Å². The van der Waals surface area contributed by atoms with Crippen LogP contribution in [0.3, 0.4) is 0 Å². The molecule has 4 rings (SSSR count). The number of benzene rings is 3. The van der Waals surface area contributed by atoms with Crippen molar-refractivity contribution in [2.45, 2.75) is 6.92 Å². The third-order valence-electron chi connectivity index (χ3n) is 4.62. The van der Waals surface area contributed by atoms with E-state index in [0.29, 0.717) is 32.7 Å². The first-order valence-corrected chi connectivity index (χ1v) is 10.2. The number of nitrogens with one attached hydrogen (secondary N) is 1. The van der Waals surface area contributed by atoms with Crippen molar-refractivity contribution in [3.63, 3.8) is 0 Å². The molecular weight excluding hydrogens is 433 g/mol. The van der Waals surface area contributed by atoms with Crippen LogP contribution in [0.25, 0.3) is 16.9 Å². The number of Topliss-reactive ketones (excluding diaryl/α,β-unsaturated/α-hetero) is 1. The Labute approximate surface area is 188 Å². The van der Waals surface area contributed by atoms with Gasteiger partial charge < -0.3 is 5.32 Å². The standard InChI is InChI=1S/C24H17Cl2N3O2/c1-15(30)21-22(16-8-4-2-5-9-16)28-29(20-10-6-3-7-11-20)24(31)23(21)27-19-13-17(25)12-18(26)14-19/h2-14,27H,1H3. The van der Waals surface area contributed by atoms with E-state index in [1.807, 2.05) is 48.5 Å². The van der Waals surface area contributed by atoms with Crippen molar-refractivity contribution in [3.05, 3.63) is 105 Å². The molecule has 154 valence electrons. The maximum absolute atomic E-state index is 13.5. The molecule has 0 fully saturated rings. The van der Waals surface area contributed by atoms with E-state index in [9.17, 15) is 9.59 Å². The third kappa shape index (κ3) is 4.38. The second-order valence-electron chi connectivity index (χ2n) is 6.86. The van der Waals surface area contributed by atoms with Gasteiger partial charge in [-0.05, 0) is 37.3 Å². The SMILES string of the molecule is CC(=O)c1c(-c2ccccc2)nn(-c2ccccc2)c(=O)c1Nc1cc(Cl)cc(Cl)c1. The molecule has 0 radical (unpaired) electrons. The number of aromatic nitrogens is 2. The van der Waals surface area contributed by atoms with Gasteiger partial charge in [0.2, 0.25) is 0 Å². The molecule has 0 saturated carbocycles. The van der Waals surface area contributed by atoms with Crippen molar-refractivity contribution in [3.8, 4) is 16.9 Å². The van der Waals surface area contributed by atoms with Gasteiger partial charge in [-0.1, -0.05) is 71.7 Å². The number of ketones is 1. The highest BCUT2D eigenvalue weighted by Gasteiger charge is 2.23. The molecule has 0 bridgehead atoms. The van der Waals surface area contributed by atoms with Gasteiger partial charge >= 0.3 is 0 Å². The lowest BCUT2D eigenvalue weighted by molar-refractivity contribution is 0.101. The Morgan fingerprint density at radius 1 is 0.903 bits per heavy atom. The summed E-state index contributed by atoms with van der Waals surface area (Å²) in [6.07, 6.45) is 0. The van der Waals surface area contributed by atoms with Crippen LogP contribution in [-0.2, 0) is 0 Å². The Bertz CT molecular complexity index is 1300. The number of carbonyl (C=O) groups excluding carboxylic acids is 1. The summed E-state index contributed by atoms with van der Waals surface area (Å²) < 4.78 is 1.28. The van der Waals surface area contributed by atoms with E-state index >= 15 is 0 Å². The van der Waals surface area contributed by atoms with Crippen molar-refractivity contribution < 1.29 is 4.79 Å². The molecule has 0 amide bonds. The van der Waals surface area contributed by atoms with Crippen LogP contribution in [0.5, 0.6) is 0 Å². The molecule has 0 aliphatic heterocycles. The summed E-state index contributed by atoms with van der Waals surface area (Å²) in [5.74, 6) is -0.292. The number of hydrogen-bond donors (Lipinski definition) is 1. The smallest absolute Gasteiger partial charge is 0.295 e. The summed E-state index contributed by atoms with van der Waals surface area (Å²) in [5.41, 5.74) is 2.00. The van der Waals surface area contributed by atoms with Gasteiger partial charge in [0.25, 0.3) is 5.56 Å². The molecule has 0 aliphatic carbocycles. The van der Waals surface area contributed by atoms with Crippen LogP contribution in [0, 0.1) is 0 Å². The van der Waals surface area contributed by atoms with Crippen molar-refractivity contribution in [1.82, 2.24) is 9.78 Å². The van der Waals surface area contributed by atoms with Crippen LogP contribution in [0.4, 0.5) is 11.4 Å². The van der Waals surface area contributed by atoms with Crippen molar-refractivity contribution in [2.24, 2.45) is 0 Å². The Kier molecular flexibility index (Phi) is 5.89. The van der Waals surface area contributed by atoms with E-state index in [1.165, 1.54) is 11.6 Å². The lowest BCUT2D eigenvalue weighted by Crippen LogP contribution is -2.27. The summed E-state index contributed by atoms with van der Waals surface area (Å²) in [7, 11) is 0. The first-order valence-electron chi connectivity index (χ1n) is 9.46. The van der Waals surface area contributed by atoms with Gasteiger partial charge in [0.15, 0.2) is 5.78 Å². The van der Waals surface area contributed by atoms with Crippen LogP contribution in [-0.4, -0.2) is 15.6 Å². The zero-order chi connectivity index (χ0) is 22.0. The molecule has 31 heavy (non-hydrogen) atoms. The minimum absolute atomic E-state index is 0.100. The summed E-state index contributed by atoms with van der Waals surface area (Å²) >= 11 is 12.3. The minimum Gasteiger partial charge on any atom is -0.350 e. The maximum atomic E-state index is 13.5. The Morgan fingerprint density at radius 3 is 2.06 bits per heavy atom. The molecule has 1 heterocycles. The molecule has 3 aromatic carbocycles. The molecule has 0 unspecified atom stereocenters. The Hall–Kier alpha value is -3.41. The monoisotopic (exact) mass is 449 g/mol. The quantitative estimate of drug-likeness (QED) is 0.371. The predicted octanol–water partition coefficient (Wildman–Crippen LogP) is 6.15. The molecular formula is C24H17Cl2N3O2. The van der Waals surface area contributed by atoms with Gasteiger partial charge in [0, 0.05) is 21.3 Å². The Balaban J connectivity index is 2.03. The van der Waals surface area contributed by atoms with Gasteiger partial charge in [-0.15, -0.1) is 0 Å². The van der Waals surface area contributed by atoms with Crippen molar-refractivity contribution in [1.29, 1.82) is 0 Å². The van der Waals surface area contributed by atoms with E-state index < -0.39 is 5.56 Å². The number of rotatable bonds is 5. The number of nitrogens with zero attached hydrogens (tertiary/aromatic N) is 2. The second-order valence-corrected chi connectivity index (χ2v) is 7.73. The number of anilines is 2. The summed E-state index contributed by atoms with van der Waals surface area (Å²) in [6.45, 7) is 1.41. The van der Waals surface area contributed by atoms with Gasteiger partial charge in [0.05, 0.1) is 11.3 Å². The van der Waals surface area contributed by atoms with E-state index in [0.717, 1.165) is 0 Å². The molecule has 1 N–H and O–H groups in total. The zero-order valence-corrected chi connectivity index (χ0v) is 18.0. The molecule has 7 heteroatoms. The highest BCUT2D eigenvalue weighted by Crippen LogP contribution is 2.30. The van der Waals surface area contributed by atoms with E-state index in [1.54, 1.807) is 30.3 Å². The lowest BCUT2D eigenvalue weighted by Gasteiger charge is -2.17. The Morgan fingerprint density at radius 2 is 1.48 bits per heavy atom. The number of carbonyl (C=O) groups is 1. The minimum atomic E-state index is -0.466. The van der Waals surface area contributed by atoms with Gasteiger partial charge in [-0.25, -0.2) is 0 Å². The number of halogens is 2. The van der Waals surface area contributed by atoms with Gasteiger partial charge in [0.1, 0.15) is 11.4 Å². The average molecular weight is 450 g/mol. The molecule has 1 aromatic heterocycles. The zero-order valence-electron chi connectivity index (χ0n) is 16.5. The first kappa shape index (κ1) is 20.8. The normalized spacial score (nSPS) is 10.7. The second kappa shape index (κ2) is 8.76. The molecule has 0 aliphatic rings. The van der Waals surface area contributed by atoms with Crippen LogP contribution in [0.1, 0.15) is 17.3 Å². The van der Waals surface area contributed by atoms with Crippen LogP contribution >= 0.6 is 23.2 Å². The number of para-hydroxylation sites is 1.